The number of aryl methyl sites for hydroxylation is 3. The lowest BCUT2D eigenvalue weighted by Gasteiger charge is -2.13. The third-order valence-electron chi connectivity index (χ3n) is 4.10. The Morgan fingerprint density at radius 1 is 1.07 bits per heavy atom. The highest BCUT2D eigenvalue weighted by molar-refractivity contribution is 5.93. The number of amides is 1. The average Bonchev–Trinajstić information content (AvgIpc) is 3.08. The van der Waals surface area contributed by atoms with E-state index >= 15 is 0 Å². The maximum Gasteiger partial charge on any atom is 0.270 e. The van der Waals surface area contributed by atoms with E-state index in [4.69, 9.17) is 4.42 Å². The van der Waals surface area contributed by atoms with Crippen LogP contribution < -0.4 is 10.2 Å². The third kappa shape index (κ3) is 4.31. The SMILES string of the molecule is Cc1ccc(C)c(CNC(=O)c2cc(-c3ccc(C)o3)nc(N(C)C)n2)n1. The highest BCUT2D eigenvalue weighted by Gasteiger charge is 2.16. The van der Waals surface area contributed by atoms with Crippen LogP contribution in [0.3, 0.4) is 0 Å². The molecule has 0 aliphatic rings. The number of pyridine rings is 1. The van der Waals surface area contributed by atoms with Crippen molar-refractivity contribution in [3.63, 3.8) is 0 Å². The maximum atomic E-state index is 12.7. The van der Waals surface area contributed by atoms with Crippen LogP contribution in [0.2, 0.25) is 0 Å². The number of hydrogen-bond donors (Lipinski definition) is 1. The monoisotopic (exact) mass is 365 g/mol. The van der Waals surface area contributed by atoms with Gasteiger partial charge in [-0.3, -0.25) is 9.78 Å². The van der Waals surface area contributed by atoms with Gasteiger partial charge in [-0.2, -0.15) is 0 Å². The number of furan rings is 1. The molecular weight excluding hydrogens is 342 g/mol. The Bertz CT molecular complexity index is 978. The van der Waals surface area contributed by atoms with Crippen LogP contribution in [0.5, 0.6) is 0 Å². The lowest BCUT2D eigenvalue weighted by Crippen LogP contribution is -2.26. The second-order valence-electron chi connectivity index (χ2n) is 6.64. The Morgan fingerprint density at radius 3 is 2.52 bits per heavy atom. The largest absolute Gasteiger partial charge is 0.460 e. The van der Waals surface area contributed by atoms with Gasteiger partial charge in [0.1, 0.15) is 17.1 Å². The van der Waals surface area contributed by atoms with E-state index in [1.54, 1.807) is 11.0 Å². The molecule has 27 heavy (non-hydrogen) atoms. The van der Waals surface area contributed by atoms with Crippen LogP contribution in [-0.4, -0.2) is 35.0 Å². The lowest BCUT2D eigenvalue weighted by atomic mass is 10.2. The molecule has 3 heterocycles. The topological polar surface area (TPSA) is 84.2 Å². The number of carbonyl (C=O) groups excluding carboxylic acids is 1. The number of anilines is 1. The molecule has 0 saturated carbocycles. The molecular formula is C20H23N5O2. The van der Waals surface area contributed by atoms with Crippen molar-refractivity contribution in [2.24, 2.45) is 0 Å². The van der Waals surface area contributed by atoms with Gasteiger partial charge in [0.05, 0.1) is 12.2 Å². The molecule has 0 bridgehead atoms. The smallest absolute Gasteiger partial charge is 0.270 e. The predicted octanol–water partition coefficient (Wildman–Crippen LogP) is 3.05. The Kier molecular flexibility index (Phi) is 5.21. The van der Waals surface area contributed by atoms with Crippen LogP contribution in [0.4, 0.5) is 5.95 Å². The summed E-state index contributed by atoms with van der Waals surface area (Å²) < 4.78 is 5.65. The van der Waals surface area contributed by atoms with Crippen molar-refractivity contribution in [2.75, 3.05) is 19.0 Å². The zero-order chi connectivity index (χ0) is 19.6. The fourth-order valence-corrected chi connectivity index (χ4v) is 2.56. The normalized spacial score (nSPS) is 10.7. The lowest BCUT2D eigenvalue weighted by molar-refractivity contribution is 0.0945. The minimum absolute atomic E-state index is 0.281. The third-order valence-corrected chi connectivity index (χ3v) is 4.10. The van der Waals surface area contributed by atoms with Gasteiger partial charge in [-0.15, -0.1) is 0 Å². The zero-order valence-corrected chi connectivity index (χ0v) is 16.2. The van der Waals surface area contributed by atoms with E-state index in [0.717, 1.165) is 22.7 Å². The van der Waals surface area contributed by atoms with Crippen LogP contribution in [-0.2, 0) is 6.54 Å². The first-order chi connectivity index (χ1) is 12.8. The fourth-order valence-electron chi connectivity index (χ4n) is 2.56. The first-order valence-corrected chi connectivity index (χ1v) is 8.68. The standard InChI is InChI=1S/C20H23N5O2/c1-12-6-7-13(2)22-17(12)11-21-19(26)16-10-15(18-9-8-14(3)27-18)23-20(24-16)25(4)5/h6-10H,11H2,1-5H3,(H,21,26). The summed E-state index contributed by atoms with van der Waals surface area (Å²) in [5.41, 5.74) is 3.63. The molecule has 0 atom stereocenters. The fraction of sp³-hybridized carbons (Fsp3) is 0.300. The van der Waals surface area contributed by atoms with Crippen LogP contribution in [0.15, 0.2) is 34.7 Å². The highest BCUT2D eigenvalue weighted by Crippen LogP contribution is 2.22. The van der Waals surface area contributed by atoms with E-state index in [-0.39, 0.29) is 11.6 Å². The van der Waals surface area contributed by atoms with Crippen LogP contribution in [0.25, 0.3) is 11.5 Å². The molecule has 3 aromatic heterocycles. The number of hydrogen-bond acceptors (Lipinski definition) is 6. The number of aromatic nitrogens is 3. The van der Waals surface area contributed by atoms with Crippen LogP contribution in [0.1, 0.15) is 33.2 Å². The Labute approximate surface area is 158 Å². The zero-order valence-electron chi connectivity index (χ0n) is 16.2. The summed E-state index contributed by atoms with van der Waals surface area (Å²) in [7, 11) is 3.66. The van der Waals surface area contributed by atoms with Crippen molar-refractivity contribution in [1.29, 1.82) is 0 Å². The van der Waals surface area contributed by atoms with E-state index in [9.17, 15) is 4.79 Å². The van der Waals surface area contributed by atoms with E-state index < -0.39 is 0 Å². The van der Waals surface area contributed by atoms with Gasteiger partial charge in [0.15, 0.2) is 5.76 Å². The molecule has 0 aliphatic carbocycles. The van der Waals surface area contributed by atoms with Gasteiger partial charge < -0.3 is 14.6 Å². The van der Waals surface area contributed by atoms with Crippen molar-refractivity contribution in [2.45, 2.75) is 27.3 Å². The number of nitrogens with zero attached hydrogens (tertiary/aromatic N) is 4. The maximum absolute atomic E-state index is 12.7. The van der Waals surface area contributed by atoms with Crippen LogP contribution >= 0.6 is 0 Å². The molecule has 0 unspecified atom stereocenters. The molecule has 0 fully saturated rings. The van der Waals surface area contributed by atoms with Crippen molar-refractivity contribution in [1.82, 2.24) is 20.3 Å². The van der Waals surface area contributed by atoms with E-state index in [1.165, 1.54) is 0 Å². The Morgan fingerprint density at radius 2 is 1.85 bits per heavy atom. The summed E-state index contributed by atoms with van der Waals surface area (Å²) in [5.74, 6) is 1.54. The molecule has 0 saturated heterocycles. The number of nitrogens with one attached hydrogen (secondary N) is 1. The summed E-state index contributed by atoms with van der Waals surface area (Å²) in [4.78, 5) is 27.8. The molecule has 0 aliphatic heterocycles. The van der Waals surface area contributed by atoms with E-state index in [2.05, 4.69) is 20.3 Å². The second kappa shape index (κ2) is 7.57. The molecule has 0 spiro atoms. The average molecular weight is 365 g/mol. The van der Waals surface area contributed by atoms with Gasteiger partial charge in [-0.05, 0) is 50.6 Å². The van der Waals surface area contributed by atoms with Gasteiger partial charge in [-0.25, -0.2) is 9.97 Å². The second-order valence-corrected chi connectivity index (χ2v) is 6.64. The number of carbonyl (C=O) groups is 1. The number of rotatable bonds is 5. The van der Waals surface area contributed by atoms with Gasteiger partial charge in [0, 0.05) is 19.8 Å². The first-order valence-electron chi connectivity index (χ1n) is 8.68. The summed E-state index contributed by atoms with van der Waals surface area (Å²) in [6.07, 6.45) is 0. The predicted molar refractivity (Wildman–Crippen MR) is 104 cm³/mol. The minimum Gasteiger partial charge on any atom is -0.460 e. The van der Waals surface area contributed by atoms with E-state index in [1.807, 2.05) is 59.1 Å². The molecule has 0 radical (unpaired) electrons. The van der Waals surface area contributed by atoms with Crippen molar-refractivity contribution < 1.29 is 9.21 Å². The van der Waals surface area contributed by atoms with Crippen LogP contribution in [0, 0.1) is 20.8 Å². The van der Waals surface area contributed by atoms with Gasteiger partial charge in [0.25, 0.3) is 5.91 Å². The van der Waals surface area contributed by atoms with Gasteiger partial charge >= 0.3 is 0 Å². The summed E-state index contributed by atoms with van der Waals surface area (Å²) in [6, 6.07) is 9.27. The van der Waals surface area contributed by atoms with Crippen molar-refractivity contribution in [3.8, 4) is 11.5 Å². The highest BCUT2D eigenvalue weighted by atomic mass is 16.3. The minimum atomic E-state index is -0.285. The van der Waals surface area contributed by atoms with Crippen molar-refractivity contribution >= 4 is 11.9 Å². The van der Waals surface area contributed by atoms with E-state index in [0.29, 0.717) is 23.9 Å². The quantitative estimate of drug-likeness (QED) is 0.748. The molecule has 7 nitrogen and oxygen atoms in total. The molecule has 7 heteroatoms. The van der Waals surface area contributed by atoms with Gasteiger partial charge in [0.2, 0.25) is 5.95 Å². The Balaban J connectivity index is 1.87. The molecule has 1 amide bonds. The van der Waals surface area contributed by atoms with Gasteiger partial charge in [-0.1, -0.05) is 6.07 Å². The van der Waals surface area contributed by atoms with Crippen molar-refractivity contribution in [3.05, 3.63) is 58.7 Å². The molecule has 0 aromatic carbocycles. The summed E-state index contributed by atoms with van der Waals surface area (Å²) in [5, 5.41) is 2.89. The Hall–Kier alpha value is -3.22. The molecule has 3 aromatic rings. The summed E-state index contributed by atoms with van der Waals surface area (Å²) >= 11 is 0. The molecule has 3 rings (SSSR count). The molecule has 1 N–H and O–H groups in total. The summed E-state index contributed by atoms with van der Waals surface area (Å²) in [6.45, 7) is 6.10. The first kappa shape index (κ1) is 18.6. The molecule has 140 valence electrons.